The highest BCUT2D eigenvalue weighted by atomic mass is 35.5. The van der Waals surface area contributed by atoms with Crippen LogP contribution in [0.25, 0.3) is 0 Å². The van der Waals surface area contributed by atoms with Crippen LogP contribution < -0.4 is 15.5 Å². The Morgan fingerprint density at radius 2 is 1.90 bits per heavy atom. The van der Waals surface area contributed by atoms with E-state index >= 15 is 0 Å². The average molecular weight is 456 g/mol. The Labute approximate surface area is 189 Å². The highest BCUT2D eigenvalue weighted by Crippen LogP contribution is 2.21. The second kappa shape index (κ2) is 10.2. The summed E-state index contributed by atoms with van der Waals surface area (Å²) in [7, 11) is 0. The van der Waals surface area contributed by atoms with Gasteiger partial charge in [-0.25, -0.2) is 5.43 Å². The maximum Gasteiger partial charge on any atom is 0.277 e. The van der Waals surface area contributed by atoms with Gasteiger partial charge in [-0.3, -0.25) is 9.59 Å². The number of rotatable bonds is 7. The lowest BCUT2D eigenvalue weighted by atomic mass is 10.1. The number of benzene rings is 2. The minimum atomic E-state index is -0.385. The van der Waals surface area contributed by atoms with Crippen molar-refractivity contribution in [2.45, 2.75) is 20.8 Å². The van der Waals surface area contributed by atoms with Gasteiger partial charge in [0.05, 0.1) is 10.6 Å². The van der Waals surface area contributed by atoms with E-state index < -0.39 is 0 Å². The van der Waals surface area contributed by atoms with Gasteiger partial charge >= 0.3 is 0 Å². The number of nitrogens with zero attached hydrogens (tertiary/aromatic N) is 1. The summed E-state index contributed by atoms with van der Waals surface area (Å²) < 4.78 is 5.46. The Hall–Kier alpha value is -3.16. The zero-order valence-corrected chi connectivity index (χ0v) is 18.9. The summed E-state index contributed by atoms with van der Waals surface area (Å²) in [6.45, 7) is 5.36. The molecule has 160 valence electrons. The monoisotopic (exact) mass is 455 g/mol. The number of ether oxygens (including phenoxy) is 1. The molecule has 0 bridgehead atoms. The van der Waals surface area contributed by atoms with E-state index in [4.69, 9.17) is 16.3 Å². The first-order chi connectivity index (χ1) is 14.8. The molecule has 2 amide bonds. The highest BCUT2D eigenvalue weighted by Gasteiger charge is 2.11. The Bertz CT molecular complexity index is 1140. The molecular formula is C23H22ClN3O3S. The van der Waals surface area contributed by atoms with Crippen LogP contribution in [0.2, 0.25) is 5.02 Å². The number of nitrogens with one attached hydrogen (secondary N) is 2. The summed E-state index contributed by atoms with van der Waals surface area (Å²) in [6, 6.07) is 14.4. The van der Waals surface area contributed by atoms with Gasteiger partial charge in [-0.05, 0) is 79.2 Å². The molecule has 1 heterocycles. The number of carbonyl (C=O) groups is 2. The standard InChI is InChI=1S/C23H22ClN3O3S/c1-14-9-10-31-22(14)23(29)25-18-6-4-5-17(12-18)16(3)26-27-21(28)13-30-19-7-8-20(24)15(2)11-19/h4-12H,13H2,1-3H3,(H,25,29)(H,27,28)/b26-16-. The van der Waals surface area contributed by atoms with Crippen LogP contribution >= 0.6 is 22.9 Å². The molecule has 8 heteroatoms. The van der Waals surface area contributed by atoms with Gasteiger partial charge in [0.25, 0.3) is 11.8 Å². The smallest absolute Gasteiger partial charge is 0.277 e. The molecule has 3 aromatic rings. The van der Waals surface area contributed by atoms with E-state index in [1.165, 1.54) is 11.3 Å². The Balaban J connectivity index is 1.57. The van der Waals surface area contributed by atoms with E-state index in [1.54, 1.807) is 37.3 Å². The molecule has 0 atom stereocenters. The second-order valence-corrected chi connectivity index (χ2v) is 8.22. The van der Waals surface area contributed by atoms with Gasteiger partial charge in [0.1, 0.15) is 5.75 Å². The molecule has 6 nitrogen and oxygen atoms in total. The quantitative estimate of drug-likeness (QED) is 0.380. The fraction of sp³-hybridized carbons (Fsp3) is 0.174. The van der Waals surface area contributed by atoms with Gasteiger partial charge in [-0.15, -0.1) is 11.3 Å². The van der Waals surface area contributed by atoms with Crippen LogP contribution in [-0.2, 0) is 4.79 Å². The van der Waals surface area contributed by atoms with Gasteiger partial charge in [-0.2, -0.15) is 5.10 Å². The molecule has 0 fully saturated rings. The van der Waals surface area contributed by atoms with E-state index in [2.05, 4.69) is 15.8 Å². The number of aryl methyl sites for hydroxylation is 2. The molecule has 2 N–H and O–H groups in total. The van der Waals surface area contributed by atoms with Crippen LogP contribution in [0, 0.1) is 13.8 Å². The van der Waals surface area contributed by atoms with Gasteiger partial charge in [-0.1, -0.05) is 23.7 Å². The number of amides is 2. The molecule has 31 heavy (non-hydrogen) atoms. The number of hydrogen-bond acceptors (Lipinski definition) is 5. The van der Waals surface area contributed by atoms with Crippen molar-refractivity contribution in [2.75, 3.05) is 11.9 Å². The summed E-state index contributed by atoms with van der Waals surface area (Å²) in [6.07, 6.45) is 0. The minimum Gasteiger partial charge on any atom is -0.484 e. The number of carbonyl (C=O) groups excluding carboxylic acids is 2. The fourth-order valence-corrected chi connectivity index (χ4v) is 3.65. The molecule has 0 aliphatic carbocycles. The predicted octanol–water partition coefficient (Wildman–Crippen LogP) is 5.19. The van der Waals surface area contributed by atoms with Crippen LogP contribution in [0.3, 0.4) is 0 Å². The third-order valence-electron chi connectivity index (χ3n) is 4.45. The Kier molecular flexibility index (Phi) is 7.44. The first-order valence-corrected chi connectivity index (χ1v) is 10.8. The largest absolute Gasteiger partial charge is 0.484 e. The van der Waals surface area contributed by atoms with Crippen molar-refractivity contribution < 1.29 is 14.3 Å². The number of anilines is 1. The lowest BCUT2D eigenvalue weighted by Gasteiger charge is -2.08. The lowest BCUT2D eigenvalue weighted by molar-refractivity contribution is -0.123. The summed E-state index contributed by atoms with van der Waals surface area (Å²) in [5, 5.41) is 9.55. The van der Waals surface area contributed by atoms with Crippen LogP contribution in [0.5, 0.6) is 5.75 Å². The molecule has 0 unspecified atom stereocenters. The zero-order valence-electron chi connectivity index (χ0n) is 17.4. The van der Waals surface area contributed by atoms with E-state index in [-0.39, 0.29) is 18.4 Å². The highest BCUT2D eigenvalue weighted by molar-refractivity contribution is 7.12. The van der Waals surface area contributed by atoms with Crippen molar-refractivity contribution in [3.8, 4) is 5.75 Å². The van der Waals surface area contributed by atoms with Gasteiger partial charge in [0.2, 0.25) is 0 Å². The molecule has 0 aliphatic rings. The van der Waals surface area contributed by atoms with Crippen molar-refractivity contribution >= 4 is 46.2 Å². The maximum absolute atomic E-state index is 12.4. The van der Waals surface area contributed by atoms with Gasteiger partial charge < -0.3 is 10.1 Å². The van der Waals surface area contributed by atoms with Crippen LogP contribution in [0.1, 0.15) is 33.3 Å². The Morgan fingerprint density at radius 3 is 2.61 bits per heavy atom. The summed E-state index contributed by atoms with van der Waals surface area (Å²) in [5.41, 5.74) is 6.31. The van der Waals surface area contributed by atoms with Crippen LogP contribution in [0.15, 0.2) is 59.0 Å². The predicted molar refractivity (Wildman–Crippen MR) is 125 cm³/mol. The second-order valence-electron chi connectivity index (χ2n) is 6.90. The fourth-order valence-electron chi connectivity index (χ4n) is 2.71. The molecule has 3 rings (SSSR count). The molecule has 0 spiro atoms. The number of hydrogen-bond donors (Lipinski definition) is 2. The summed E-state index contributed by atoms with van der Waals surface area (Å²) >= 11 is 7.38. The van der Waals surface area contributed by atoms with Crippen molar-refractivity contribution in [3.05, 3.63) is 80.5 Å². The van der Waals surface area contributed by atoms with Crippen molar-refractivity contribution in [1.29, 1.82) is 0 Å². The summed E-state index contributed by atoms with van der Waals surface area (Å²) in [4.78, 5) is 25.1. The van der Waals surface area contributed by atoms with Crippen molar-refractivity contribution in [2.24, 2.45) is 5.10 Å². The van der Waals surface area contributed by atoms with E-state index in [9.17, 15) is 9.59 Å². The molecule has 1 aromatic heterocycles. The molecule has 0 saturated carbocycles. The molecular weight excluding hydrogens is 434 g/mol. The molecule has 2 aromatic carbocycles. The van der Waals surface area contributed by atoms with E-state index in [0.29, 0.717) is 27.0 Å². The molecule has 0 radical (unpaired) electrons. The minimum absolute atomic E-state index is 0.151. The normalized spacial score (nSPS) is 11.2. The third-order valence-corrected chi connectivity index (χ3v) is 5.89. The third kappa shape index (κ3) is 6.16. The maximum atomic E-state index is 12.4. The summed E-state index contributed by atoms with van der Waals surface area (Å²) in [5.74, 6) is 0.0221. The van der Waals surface area contributed by atoms with Crippen molar-refractivity contribution in [1.82, 2.24) is 5.43 Å². The first-order valence-electron chi connectivity index (χ1n) is 9.51. The topological polar surface area (TPSA) is 79.8 Å². The Morgan fingerprint density at radius 1 is 1.10 bits per heavy atom. The number of thiophene rings is 1. The van der Waals surface area contributed by atoms with Crippen LogP contribution in [0.4, 0.5) is 5.69 Å². The van der Waals surface area contributed by atoms with Gasteiger partial charge in [0, 0.05) is 10.7 Å². The van der Waals surface area contributed by atoms with E-state index in [0.717, 1.165) is 16.7 Å². The lowest BCUT2D eigenvalue weighted by Crippen LogP contribution is -2.25. The number of hydrazone groups is 1. The van der Waals surface area contributed by atoms with E-state index in [1.807, 2.05) is 37.4 Å². The number of halogens is 1. The van der Waals surface area contributed by atoms with Crippen LogP contribution in [-0.4, -0.2) is 24.1 Å². The SMILES string of the molecule is C/C(=N/NC(=O)COc1ccc(Cl)c(C)c1)c1cccc(NC(=O)c2sccc2C)c1. The molecule has 0 aliphatic heterocycles. The van der Waals surface area contributed by atoms with Gasteiger partial charge in [0.15, 0.2) is 6.61 Å². The van der Waals surface area contributed by atoms with Crippen molar-refractivity contribution in [3.63, 3.8) is 0 Å². The molecule has 0 saturated heterocycles. The zero-order chi connectivity index (χ0) is 22.4. The first kappa shape index (κ1) is 22.5. The average Bonchev–Trinajstić information content (AvgIpc) is 3.19.